The molecular formula is C14H22N4O3S. The number of anilines is 1. The van der Waals surface area contributed by atoms with Gasteiger partial charge in [0.1, 0.15) is 5.01 Å². The number of nitrogens with zero attached hydrogens (tertiary/aromatic N) is 3. The van der Waals surface area contributed by atoms with Crippen LogP contribution in [0, 0.1) is 5.92 Å². The number of carbonyl (C=O) groups excluding carboxylic acids is 2. The average molecular weight is 326 g/mol. The first-order valence-electron chi connectivity index (χ1n) is 7.57. The monoisotopic (exact) mass is 326 g/mol. The standard InChI is InChI=1S/C14H22N4O3S/c1-4-21-14(20)18-7-5-6-10(8-18)11(19)15-13-17-16-12(22-13)9(2)3/h9-10H,4-8H2,1-3H3,(H,15,17,19). The van der Waals surface area contributed by atoms with Crippen molar-refractivity contribution in [3.05, 3.63) is 5.01 Å². The van der Waals surface area contributed by atoms with Crippen LogP contribution in [0.5, 0.6) is 0 Å². The third-order valence-corrected chi connectivity index (χ3v) is 4.62. The van der Waals surface area contributed by atoms with Gasteiger partial charge in [-0.15, -0.1) is 10.2 Å². The van der Waals surface area contributed by atoms with Gasteiger partial charge in [0, 0.05) is 19.0 Å². The predicted octanol–water partition coefficient (Wildman–Crippen LogP) is 2.47. The molecule has 0 saturated carbocycles. The Hall–Kier alpha value is -1.70. The largest absolute Gasteiger partial charge is 0.450 e. The molecule has 0 aliphatic carbocycles. The molecule has 1 aromatic rings. The van der Waals surface area contributed by atoms with Crippen molar-refractivity contribution in [3.63, 3.8) is 0 Å². The molecule has 2 heterocycles. The van der Waals surface area contributed by atoms with Crippen LogP contribution in [-0.4, -0.2) is 46.8 Å². The van der Waals surface area contributed by atoms with Crippen LogP contribution in [0.3, 0.4) is 0 Å². The summed E-state index contributed by atoms with van der Waals surface area (Å²) in [6.07, 6.45) is 1.21. The fraction of sp³-hybridized carbons (Fsp3) is 0.714. The lowest BCUT2D eigenvalue weighted by Crippen LogP contribution is -2.44. The first-order chi connectivity index (χ1) is 10.5. The number of hydrogen-bond acceptors (Lipinski definition) is 6. The molecule has 1 fully saturated rings. The van der Waals surface area contributed by atoms with Crippen molar-refractivity contribution in [2.75, 3.05) is 25.0 Å². The minimum atomic E-state index is -0.349. The number of amides is 2. The number of carbonyl (C=O) groups is 2. The second-order valence-electron chi connectivity index (χ2n) is 5.57. The Labute approximate surface area is 134 Å². The molecular weight excluding hydrogens is 304 g/mol. The van der Waals surface area contributed by atoms with Crippen molar-refractivity contribution in [2.45, 2.75) is 39.5 Å². The maximum atomic E-state index is 12.3. The second kappa shape index (κ2) is 7.53. The Balaban J connectivity index is 1.92. The van der Waals surface area contributed by atoms with E-state index < -0.39 is 0 Å². The molecule has 1 aromatic heterocycles. The number of aromatic nitrogens is 2. The van der Waals surface area contributed by atoms with Crippen LogP contribution in [0.1, 0.15) is 44.5 Å². The Morgan fingerprint density at radius 2 is 2.23 bits per heavy atom. The average Bonchev–Trinajstić information content (AvgIpc) is 2.96. The molecule has 22 heavy (non-hydrogen) atoms. The lowest BCUT2D eigenvalue weighted by Gasteiger charge is -2.30. The van der Waals surface area contributed by atoms with Crippen LogP contribution in [0.25, 0.3) is 0 Å². The van der Waals surface area contributed by atoms with Crippen molar-refractivity contribution in [2.24, 2.45) is 5.92 Å². The predicted molar refractivity (Wildman–Crippen MR) is 83.9 cm³/mol. The van der Waals surface area contributed by atoms with Gasteiger partial charge in [-0.3, -0.25) is 4.79 Å². The summed E-state index contributed by atoms with van der Waals surface area (Å²) >= 11 is 1.39. The van der Waals surface area contributed by atoms with E-state index in [0.717, 1.165) is 17.8 Å². The number of nitrogens with one attached hydrogen (secondary N) is 1. The summed E-state index contributed by atoms with van der Waals surface area (Å²) in [5.74, 6) is -0.0536. The lowest BCUT2D eigenvalue weighted by atomic mass is 9.97. The van der Waals surface area contributed by atoms with E-state index in [0.29, 0.717) is 24.8 Å². The van der Waals surface area contributed by atoms with E-state index in [1.54, 1.807) is 11.8 Å². The molecule has 0 radical (unpaired) electrons. The summed E-state index contributed by atoms with van der Waals surface area (Å²) in [5.41, 5.74) is 0. The summed E-state index contributed by atoms with van der Waals surface area (Å²) in [5, 5.41) is 12.3. The number of hydrogen-bond donors (Lipinski definition) is 1. The third kappa shape index (κ3) is 4.16. The summed E-state index contributed by atoms with van der Waals surface area (Å²) in [7, 11) is 0. The quantitative estimate of drug-likeness (QED) is 0.919. The number of likely N-dealkylation sites (tertiary alicyclic amines) is 1. The van der Waals surface area contributed by atoms with E-state index in [1.807, 2.05) is 13.8 Å². The number of rotatable bonds is 4. The maximum Gasteiger partial charge on any atom is 0.409 e. The van der Waals surface area contributed by atoms with Gasteiger partial charge in [-0.05, 0) is 19.8 Å². The first kappa shape index (κ1) is 16.7. The highest BCUT2D eigenvalue weighted by Gasteiger charge is 2.29. The highest BCUT2D eigenvalue weighted by Crippen LogP contribution is 2.24. The second-order valence-corrected chi connectivity index (χ2v) is 6.58. The molecule has 1 aliphatic heterocycles. The Morgan fingerprint density at radius 3 is 2.86 bits per heavy atom. The van der Waals surface area contributed by atoms with Crippen molar-refractivity contribution < 1.29 is 14.3 Å². The lowest BCUT2D eigenvalue weighted by molar-refractivity contribution is -0.121. The van der Waals surface area contributed by atoms with Crippen molar-refractivity contribution in [1.29, 1.82) is 0 Å². The van der Waals surface area contributed by atoms with Crippen LogP contribution in [-0.2, 0) is 9.53 Å². The van der Waals surface area contributed by atoms with Gasteiger partial charge in [0.05, 0.1) is 12.5 Å². The van der Waals surface area contributed by atoms with E-state index in [-0.39, 0.29) is 23.8 Å². The fourth-order valence-electron chi connectivity index (χ4n) is 2.30. The van der Waals surface area contributed by atoms with E-state index in [4.69, 9.17) is 4.74 Å². The molecule has 0 spiro atoms. The summed E-state index contributed by atoms with van der Waals surface area (Å²) < 4.78 is 4.99. The molecule has 0 aromatic carbocycles. The van der Waals surface area contributed by atoms with Gasteiger partial charge >= 0.3 is 6.09 Å². The van der Waals surface area contributed by atoms with E-state index in [2.05, 4.69) is 15.5 Å². The van der Waals surface area contributed by atoms with E-state index in [1.165, 1.54) is 11.3 Å². The molecule has 7 nitrogen and oxygen atoms in total. The molecule has 1 saturated heterocycles. The van der Waals surface area contributed by atoms with E-state index >= 15 is 0 Å². The molecule has 1 N–H and O–H groups in total. The highest BCUT2D eigenvalue weighted by atomic mass is 32.1. The topological polar surface area (TPSA) is 84.4 Å². The number of piperidine rings is 1. The highest BCUT2D eigenvalue weighted by molar-refractivity contribution is 7.15. The Kier molecular flexibility index (Phi) is 5.70. The molecule has 2 rings (SSSR count). The Bertz CT molecular complexity index is 532. The van der Waals surface area contributed by atoms with E-state index in [9.17, 15) is 9.59 Å². The van der Waals surface area contributed by atoms with Crippen LogP contribution in [0.15, 0.2) is 0 Å². The van der Waals surface area contributed by atoms with Crippen LogP contribution in [0.2, 0.25) is 0 Å². The SMILES string of the molecule is CCOC(=O)N1CCCC(C(=O)Nc2nnc(C(C)C)s2)C1. The van der Waals surface area contributed by atoms with Gasteiger partial charge in [0.2, 0.25) is 11.0 Å². The number of ether oxygens (including phenoxy) is 1. The normalized spacial score (nSPS) is 18.4. The fourth-order valence-corrected chi connectivity index (χ4v) is 3.05. The third-order valence-electron chi connectivity index (χ3n) is 3.48. The summed E-state index contributed by atoms with van der Waals surface area (Å²) in [6.45, 7) is 7.21. The minimum Gasteiger partial charge on any atom is -0.450 e. The first-order valence-corrected chi connectivity index (χ1v) is 8.38. The maximum absolute atomic E-state index is 12.3. The van der Waals surface area contributed by atoms with Gasteiger partial charge in [0.25, 0.3) is 0 Å². The van der Waals surface area contributed by atoms with Crippen LogP contribution < -0.4 is 5.32 Å². The minimum absolute atomic E-state index is 0.111. The zero-order valence-electron chi connectivity index (χ0n) is 13.2. The zero-order chi connectivity index (χ0) is 16.1. The zero-order valence-corrected chi connectivity index (χ0v) is 14.0. The molecule has 2 amide bonds. The molecule has 1 aliphatic rings. The van der Waals surface area contributed by atoms with Gasteiger partial charge < -0.3 is 15.0 Å². The van der Waals surface area contributed by atoms with Crippen LogP contribution >= 0.6 is 11.3 Å². The van der Waals surface area contributed by atoms with Gasteiger partial charge in [0.15, 0.2) is 0 Å². The molecule has 1 unspecified atom stereocenters. The van der Waals surface area contributed by atoms with Crippen LogP contribution in [0.4, 0.5) is 9.93 Å². The van der Waals surface area contributed by atoms with Crippen molar-refractivity contribution in [3.8, 4) is 0 Å². The van der Waals surface area contributed by atoms with Gasteiger partial charge in [-0.2, -0.15) is 0 Å². The molecule has 122 valence electrons. The summed E-state index contributed by atoms with van der Waals surface area (Å²) in [6, 6.07) is 0. The van der Waals surface area contributed by atoms with Crippen molar-refractivity contribution >= 4 is 28.5 Å². The molecule has 8 heteroatoms. The van der Waals surface area contributed by atoms with Gasteiger partial charge in [-0.25, -0.2) is 4.79 Å². The molecule has 1 atom stereocenters. The van der Waals surface area contributed by atoms with Crippen molar-refractivity contribution in [1.82, 2.24) is 15.1 Å². The smallest absolute Gasteiger partial charge is 0.409 e. The Morgan fingerprint density at radius 1 is 1.45 bits per heavy atom. The molecule has 0 bridgehead atoms. The van der Waals surface area contributed by atoms with Gasteiger partial charge in [-0.1, -0.05) is 25.2 Å². The summed E-state index contributed by atoms with van der Waals surface area (Å²) in [4.78, 5) is 25.7.